The van der Waals surface area contributed by atoms with Crippen LogP contribution in [0, 0.1) is 10.1 Å². The number of nitro benzene ring substituents is 1. The molecule has 8 nitrogen and oxygen atoms in total. The number of carboxylic acids is 1. The molecule has 2 aromatic rings. The number of halogens is 1. The summed E-state index contributed by atoms with van der Waals surface area (Å²) < 4.78 is 0. The highest BCUT2D eigenvalue weighted by Crippen LogP contribution is 2.29. The van der Waals surface area contributed by atoms with Gasteiger partial charge >= 0.3 is 12.0 Å². The molecule has 0 heterocycles. The number of hydrogen-bond donors (Lipinski definition) is 3. The molecule has 9 heteroatoms. The van der Waals surface area contributed by atoms with E-state index < -0.39 is 29.4 Å². The number of benzene rings is 2. The molecule has 2 rings (SSSR count). The highest BCUT2D eigenvalue weighted by Gasteiger charge is 2.23. The summed E-state index contributed by atoms with van der Waals surface area (Å²) in [6.45, 7) is 0. The van der Waals surface area contributed by atoms with E-state index in [4.69, 9.17) is 16.7 Å². The number of nitrogens with zero attached hydrogens (tertiary/aromatic N) is 1. The van der Waals surface area contributed by atoms with E-state index in [1.807, 2.05) is 0 Å². The molecule has 0 aromatic heterocycles. The number of non-ortho nitro benzene ring substituents is 1. The average Bonchev–Trinajstić information content (AvgIpc) is 2.55. The van der Waals surface area contributed by atoms with E-state index in [2.05, 4.69) is 10.6 Å². The predicted molar refractivity (Wildman–Crippen MR) is 91.7 cm³/mol. The number of aliphatic carboxylic acids is 1. The van der Waals surface area contributed by atoms with Crippen LogP contribution in [0.5, 0.6) is 0 Å². The van der Waals surface area contributed by atoms with Gasteiger partial charge in [0, 0.05) is 28.4 Å². The van der Waals surface area contributed by atoms with Crippen molar-refractivity contribution in [1.82, 2.24) is 5.32 Å². The number of carboxylic acid groups (broad SMARTS) is 1. The van der Waals surface area contributed by atoms with Gasteiger partial charge in [-0.2, -0.15) is 0 Å². The Morgan fingerprint density at radius 2 is 1.88 bits per heavy atom. The fourth-order valence-corrected chi connectivity index (χ4v) is 2.42. The van der Waals surface area contributed by atoms with Crippen molar-refractivity contribution in [2.45, 2.75) is 12.5 Å². The van der Waals surface area contributed by atoms with Crippen LogP contribution in [0.25, 0.3) is 0 Å². The van der Waals surface area contributed by atoms with Crippen molar-refractivity contribution < 1.29 is 19.6 Å². The van der Waals surface area contributed by atoms with Crippen molar-refractivity contribution in [1.29, 1.82) is 0 Å². The number of hydrogen-bond acceptors (Lipinski definition) is 4. The zero-order valence-corrected chi connectivity index (χ0v) is 13.6. The quantitative estimate of drug-likeness (QED) is 0.534. The molecule has 0 fully saturated rings. The Labute approximate surface area is 147 Å². The number of carbonyl (C=O) groups excluding carboxylic acids is 1. The molecule has 0 aliphatic heterocycles. The summed E-state index contributed by atoms with van der Waals surface area (Å²) in [5, 5.41) is 25.1. The fraction of sp³-hybridized carbons (Fsp3) is 0.125. The van der Waals surface area contributed by atoms with Crippen LogP contribution in [0.4, 0.5) is 16.2 Å². The summed E-state index contributed by atoms with van der Waals surface area (Å²) >= 11 is 6.04. The second-order valence-corrected chi connectivity index (χ2v) is 5.49. The standard InChI is InChI=1S/C16H14ClN3O5/c17-13-7-6-11(20(24)25)8-12(13)14(9-15(21)22)19-16(23)18-10-4-2-1-3-5-10/h1-8,14H,9H2,(H,21,22)(H2,18,19,23)/t14-/m1/s1. The number of rotatable bonds is 6. The van der Waals surface area contributed by atoms with Gasteiger partial charge in [0.15, 0.2) is 0 Å². The predicted octanol–water partition coefficient (Wildman–Crippen LogP) is 3.59. The monoisotopic (exact) mass is 363 g/mol. The molecular weight excluding hydrogens is 350 g/mol. The van der Waals surface area contributed by atoms with Crippen LogP contribution in [-0.4, -0.2) is 22.0 Å². The summed E-state index contributed by atoms with van der Waals surface area (Å²) in [7, 11) is 0. The van der Waals surface area contributed by atoms with Crippen molar-refractivity contribution in [3.05, 3.63) is 69.2 Å². The van der Waals surface area contributed by atoms with Gasteiger partial charge in [0.25, 0.3) is 5.69 Å². The Kier molecular flexibility index (Phi) is 5.91. The SMILES string of the molecule is O=C(O)C[C@@H](NC(=O)Nc1ccccc1)c1cc([N+](=O)[O-])ccc1Cl. The van der Waals surface area contributed by atoms with E-state index >= 15 is 0 Å². The smallest absolute Gasteiger partial charge is 0.319 e. The average molecular weight is 364 g/mol. The zero-order valence-electron chi connectivity index (χ0n) is 12.8. The first-order chi connectivity index (χ1) is 11.9. The second kappa shape index (κ2) is 8.11. The normalized spacial score (nSPS) is 11.4. The minimum absolute atomic E-state index is 0.122. The van der Waals surface area contributed by atoms with Gasteiger partial charge in [-0.05, 0) is 18.2 Å². The number of amides is 2. The van der Waals surface area contributed by atoms with Crippen LogP contribution in [-0.2, 0) is 4.79 Å². The van der Waals surface area contributed by atoms with Gasteiger partial charge in [-0.1, -0.05) is 29.8 Å². The molecule has 0 radical (unpaired) electrons. The number of para-hydroxylation sites is 1. The Morgan fingerprint density at radius 1 is 1.20 bits per heavy atom. The van der Waals surface area contributed by atoms with Crippen molar-refractivity contribution in [2.24, 2.45) is 0 Å². The molecule has 0 unspecified atom stereocenters. The summed E-state index contributed by atoms with van der Waals surface area (Å²) in [6.07, 6.45) is -0.483. The van der Waals surface area contributed by atoms with Gasteiger partial charge in [-0.15, -0.1) is 0 Å². The van der Waals surface area contributed by atoms with Gasteiger partial charge in [0.05, 0.1) is 17.4 Å². The minimum Gasteiger partial charge on any atom is -0.481 e. The summed E-state index contributed by atoms with van der Waals surface area (Å²) in [6, 6.07) is 10.5. The van der Waals surface area contributed by atoms with Crippen LogP contribution in [0.15, 0.2) is 48.5 Å². The van der Waals surface area contributed by atoms with Gasteiger partial charge < -0.3 is 15.7 Å². The third-order valence-corrected chi connectivity index (χ3v) is 3.63. The molecule has 0 aliphatic carbocycles. The van der Waals surface area contributed by atoms with Gasteiger partial charge in [0.2, 0.25) is 0 Å². The van der Waals surface area contributed by atoms with Crippen LogP contribution < -0.4 is 10.6 Å². The third kappa shape index (κ3) is 5.18. The molecule has 0 bridgehead atoms. The molecule has 0 saturated carbocycles. The van der Waals surface area contributed by atoms with E-state index in [-0.39, 0.29) is 16.3 Å². The number of nitro groups is 1. The van der Waals surface area contributed by atoms with Crippen LogP contribution in [0.1, 0.15) is 18.0 Å². The van der Waals surface area contributed by atoms with Crippen molar-refractivity contribution in [2.75, 3.05) is 5.32 Å². The van der Waals surface area contributed by atoms with Crippen LogP contribution in [0.3, 0.4) is 0 Å². The lowest BCUT2D eigenvalue weighted by atomic mass is 10.0. The second-order valence-electron chi connectivity index (χ2n) is 5.08. The first-order valence-corrected chi connectivity index (χ1v) is 7.53. The molecule has 25 heavy (non-hydrogen) atoms. The number of urea groups is 1. The molecule has 130 valence electrons. The van der Waals surface area contributed by atoms with E-state index in [1.165, 1.54) is 12.1 Å². The zero-order chi connectivity index (χ0) is 18.4. The summed E-state index contributed by atoms with van der Waals surface area (Å²) in [4.78, 5) is 33.5. The van der Waals surface area contributed by atoms with Gasteiger partial charge in [-0.25, -0.2) is 4.79 Å². The minimum atomic E-state index is -1.19. The molecule has 0 aliphatic rings. The Hall–Kier alpha value is -3.13. The maximum atomic E-state index is 12.1. The number of nitrogens with one attached hydrogen (secondary N) is 2. The van der Waals surface area contributed by atoms with E-state index in [0.29, 0.717) is 5.69 Å². The summed E-state index contributed by atoms with van der Waals surface area (Å²) in [5.41, 5.74) is 0.417. The van der Waals surface area contributed by atoms with Crippen molar-refractivity contribution in [3.63, 3.8) is 0 Å². The van der Waals surface area contributed by atoms with E-state index in [9.17, 15) is 19.7 Å². The molecule has 2 amide bonds. The lowest BCUT2D eigenvalue weighted by Gasteiger charge is -2.19. The fourth-order valence-electron chi connectivity index (χ4n) is 2.17. The molecule has 3 N–H and O–H groups in total. The van der Waals surface area contributed by atoms with Gasteiger partial charge in [-0.3, -0.25) is 14.9 Å². The van der Waals surface area contributed by atoms with Gasteiger partial charge in [0.1, 0.15) is 0 Å². The maximum absolute atomic E-state index is 12.1. The Balaban J connectivity index is 2.24. The number of anilines is 1. The molecule has 0 spiro atoms. The summed E-state index contributed by atoms with van der Waals surface area (Å²) in [5.74, 6) is -1.19. The largest absolute Gasteiger partial charge is 0.481 e. The molecule has 0 saturated heterocycles. The first kappa shape index (κ1) is 18.2. The van der Waals surface area contributed by atoms with Crippen molar-refractivity contribution >= 4 is 35.0 Å². The Bertz CT molecular complexity index is 798. The van der Waals surface area contributed by atoms with E-state index in [0.717, 1.165) is 6.07 Å². The topological polar surface area (TPSA) is 122 Å². The molecular formula is C16H14ClN3O5. The van der Waals surface area contributed by atoms with E-state index in [1.54, 1.807) is 30.3 Å². The third-order valence-electron chi connectivity index (χ3n) is 3.28. The van der Waals surface area contributed by atoms with Crippen molar-refractivity contribution in [3.8, 4) is 0 Å². The maximum Gasteiger partial charge on any atom is 0.319 e. The highest BCUT2D eigenvalue weighted by molar-refractivity contribution is 6.31. The lowest BCUT2D eigenvalue weighted by Crippen LogP contribution is -2.34. The first-order valence-electron chi connectivity index (χ1n) is 7.15. The molecule has 2 aromatic carbocycles. The molecule has 1 atom stereocenters. The Morgan fingerprint density at radius 3 is 2.48 bits per heavy atom. The lowest BCUT2D eigenvalue weighted by molar-refractivity contribution is -0.384. The highest BCUT2D eigenvalue weighted by atomic mass is 35.5. The van der Waals surface area contributed by atoms with Crippen LogP contribution >= 0.6 is 11.6 Å². The van der Waals surface area contributed by atoms with Crippen LogP contribution in [0.2, 0.25) is 5.02 Å². The number of carbonyl (C=O) groups is 2.